The van der Waals surface area contributed by atoms with Crippen molar-refractivity contribution in [2.24, 2.45) is 0 Å². The van der Waals surface area contributed by atoms with Crippen molar-refractivity contribution in [1.29, 1.82) is 5.26 Å². The molecule has 0 saturated carbocycles. The Hall–Kier alpha value is -3.92. The van der Waals surface area contributed by atoms with Gasteiger partial charge >= 0.3 is 0 Å². The molecule has 0 fully saturated rings. The number of benzene rings is 2. The molecule has 0 N–H and O–H groups in total. The van der Waals surface area contributed by atoms with Crippen LogP contribution in [-0.2, 0) is 0 Å². The highest BCUT2D eigenvalue weighted by Crippen LogP contribution is 2.27. The molecule has 0 unspecified atom stereocenters. The van der Waals surface area contributed by atoms with Crippen LogP contribution >= 0.6 is 0 Å². The topological polar surface area (TPSA) is 71.1 Å². The Bertz CT molecular complexity index is 1320. The number of aromatic nitrogens is 3. The van der Waals surface area contributed by atoms with E-state index in [0.29, 0.717) is 28.1 Å². The Morgan fingerprint density at radius 1 is 1.00 bits per heavy atom. The van der Waals surface area contributed by atoms with E-state index < -0.39 is 17.2 Å². The van der Waals surface area contributed by atoms with Crippen molar-refractivity contribution in [2.45, 2.75) is 6.92 Å². The fourth-order valence-corrected chi connectivity index (χ4v) is 2.97. The van der Waals surface area contributed by atoms with Gasteiger partial charge in [0.1, 0.15) is 11.6 Å². The minimum atomic E-state index is -0.722. The Morgan fingerprint density at radius 2 is 1.75 bits per heavy atom. The third kappa shape index (κ3) is 3.01. The van der Waals surface area contributed by atoms with E-state index in [1.54, 1.807) is 37.3 Å². The molecule has 0 aliphatic rings. The van der Waals surface area contributed by atoms with Crippen LogP contribution in [0.4, 0.5) is 8.78 Å². The van der Waals surface area contributed by atoms with Gasteiger partial charge in [-0.25, -0.2) is 13.8 Å². The zero-order valence-corrected chi connectivity index (χ0v) is 14.6. The summed E-state index contributed by atoms with van der Waals surface area (Å²) in [5.41, 5.74) is 2.41. The number of hydrogen-bond acceptors (Lipinski definition) is 4. The number of fused-ring (bicyclic) bond motifs is 1. The molecule has 0 radical (unpaired) electrons. The van der Waals surface area contributed by atoms with E-state index in [-0.39, 0.29) is 11.2 Å². The Labute approximate surface area is 158 Å². The molecule has 4 aromatic rings. The third-order valence-electron chi connectivity index (χ3n) is 4.37. The smallest absolute Gasteiger partial charge is 0.267 e. The highest BCUT2D eigenvalue weighted by molar-refractivity contribution is 5.71. The molecule has 28 heavy (non-hydrogen) atoms. The van der Waals surface area contributed by atoms with Crippen molar-refractivity contribution in [1.82, 2.24) is 14.6 Å². The molecule has 0 saturated heterocycles. The van der Waals surface area contributed by atoms with Crippen LogP contribution in [0.2, 0.25) is 0 Å². The Balaban J connectivity index is 1.92. The van der Waals surface area contributed by atoms with Gasteiger partial charge in [0.15, 0.2) is 5.65 Å². The van der Waals surface area contributed by atoms with Crippen molar-refractivity contribution >= 4 is 5.65 Å². The van der Waals surface area contributed by atoms with E-state index in [0.717, 1.165) is 16.6 Å². The van der Waals surface area contributed by atoms with E-state index in [2.05, 4.69) is 10.1 Å². The van der Waals surface area contributed by atoms with Crippen LogP contribution < -0.4 is 5.56 Å². The molecule has 0 aliphatic heterocycles. The summed E-state index contributed by atoms with van der Waals surface area (Å²) in [7, 11) is 0. The van der Waals surface area contributed by atoms with Crippen molar-refractivity contribution in [3.63, 3.8) is 0 Å². The summed E-state index contributed by atoms with van der Waals surface area (Å²) in [6.07, 6.45) is 0. The molecule has 4 rings (SSSR count). The minimum Gasteiger partial charge on any atom is -0.267 e. The average Bonchev–Trinajstić information content (AvgIpc) is 2.68. The molecule has 0 aliphatic carbocycles. The summed E-state index contributed by atoms with van der Waals surface area (Å²) in [4.78, 5) is 16.9. The van der Waals surface area contributed by atoms with Gasteiger partial charge in [0.05, 0.1) is 23.0 Å². The van der Waals surface area contributed by atoms with Gasteiger partial charge in [-0.15, -0.1) is 0 Å². The van der Waals surface area contributed by atoms with Gasteiger partial charge < -0.3 is 0 Å². The Morgan fingerprint density at radius 3 is 2.43 bits per heavy atom. The highest BCUT2D eigenvalue weighted by Gasteiger charge is 2.14. The van der Waals surface area contributed by atoms with Crippen molar-refractivity contribution < 1.29 is 8.78 Å². The van der Waals surface area contributed by atoms with Gasteiger partial charge in [-0.3, -0.25) is 4.79 Å². The quantitative estimate of drug-likeness (QED) is 0.534. The second-order valence-electron chi connectivity index (χ2n) is 6.21. The minimum absolute atomic E-state index is 0.173. The van der Waals surface area contributed by atoms with Crippen LogP contribution in [0.1, 0.15) is 11.3 Å². The largest absolute Gasteiger partial charge is 0.275 e. The molecule has 2 heterocycles. The molecule has 7 heteroatoms. The normalized spacial score (nSPS) is 10.8. The molecule has 2 aromatic heterocycles. The average molecular weight is 374 g/mol. The van der Waals surface area contributed by atoms with Crippen molar-refractivity contribution in [2.75, 3.05) is 0 Å². The van der Waals surface area contributed by atoms with Crippen LogP contribution in [0.15, 0.2) is 59.4 Å². The summed E-state index contributed by atoms with van der Waals surface area (Å²) in [6.45, 7) is 1.64. The van der Waals surface area contributed by atoms with Crippen LogP contribution in [0.3, 0.4) is 0 Å². The van der Waals surface area contributed by atoms with Crippen molar-refractivity contribution in [3.8, 4) is 28.5 Å². The van der Waals surface area contributed by atoms with Crippen LogP contribution in [0, 0.1) is 29.9 Å². The molecule has 0 bridgehead atoms. The lowest BCUT2D eigenvalue weighted by molar-refractivity contribution is 0.585. The summed E-state index contributed by atoms with van der Waals surface area (Å²) in [5.74, 6) is -1.40. The second-order valence-corrected chi connectivity index (χ2v) is 6.21. The predicted octanol–water partition coefficient (Wildman–Crippen LogP) is 3.88. The van der Waals surface area contributed by atoms with Gasteiger partial charge in [0.25, 0.3) is 5.56 Å². The zero-order valence-electron chi connectivity index (χ0n) is 14.6. The zero-order chi connectivity index (χ0) is 19.8. The number of rotatable bonds is 2. The number of nitrogens with zero attached hydrogens (tertiary/aromatic N) is 4. The first-order chi connectivity index (χ1) is 13.5. The van der Waals surface area contributed by atoms with Gasteiger partial charge in [0.2, 0.25) is 0 Å². The summed E-state index contributed by atoms with van der Waals surface area (Å²) < 4.78 is 28.6. The summed E-state index contributed by atoms with van der Waals surface area (Å²) in [6, 6.07) is 14.9. The first-order valence-electron chi connectivity index (χ1n) is 8.34. The van der Waals surface area contributed by atoms with Crippen molar-refractivity contribution in [3.05, 3.63) is 87.8 Å². The van der Waals surface area contributed by atoms with Gasteiger partial charge in [-0.05, 0) is 37.3 Å². The van der Waals surface area contributed by atoms with Crippen LogP contribution in [0.25, 0.3) is 28.0 Å². The van der Waals surface area contributed by atoms with E-state index in [9.17, 15) is 13.6 Å². The summed E-state index contributed by atoms with van der Waals surface area (Å²) >= 11 is 0. The lowest BCUT2D eigenvalue weighted by Crippen LogP contribution is -2.18. The van der Waals surface area contributed by atoms with Gasteiger partial charge in [0, 0.05) is 28.8 Å². The standard InChI is InChI=1S/C21H12F2N4O/c1-12-17(16-7-6-15(22)8-18(16)23)9-20-25-19(10-21(28)27(20)26-12)14-4-2-13(11-24)3-5-14/h2-10H,1H3. The van der Waals surface area contributed by atoms with Crippen LogP contribution in [0.5, 0.6) is 0 Å². The number of hydrogen-bond donors (Lipinski definition) is 0. The van der Waals surface area contributed by atoms with Gasteiger partial charge in [-0.1, -0.05) is 12.1 Å². The molecule has 5 nitrogen and oxygen atoms in total. The Kier molecular flexibility index (Phi) is 4.17. The van der Waals surface area contributed by atoms with Crippen LogP contribution in [-0.4, -0.2) is 14.6 Å². The second kappa shape index (κ2) is 6.67. The molecular weight excluding hydrogens is 362 g/mol. The maximum atomic E-state index is 14.2. The molecule has 0 atom stereocenters. The fourth-order valence-electron chi connectivity index (χ4n) is 2.97. The van der Waals surface area contributed by atoms with E-state index >= 15 is 0 Å². The molecule has 0 amide bonds. The lowest BCUT2D eigenvalue weighted by atomic mass is 10.0. The number of halogens is 2. The van der Waals surface area contributed by atoms with Gasteiger partial charge in [-0.2, -0.15) is 14.9 Å². The first kappa shape index (κ1) is 17.5. The molecule has 2 aromatic carbocycles. The third-order valence-corrected chi connectivity index (χ3v) is 4.37. The SMILES string of the molecule is Cc1nn2c(=O)cc(-c3ccc(C#N)cc3)nc2cc1-c1ccc(F)cc1F. The highest BCUT2D eigenvalue weighted by atomic mass is 19.1. The first-order valence-corrected chi connectivity index (χ1v) is 8.34. The lowest BCUT2D eigenvalue weighted by Gasteiger charge is -2.10. The number of aryl methyl sites for hydroxylation is 1. The predicted molar refractivity (Wildman–Crippen MR) is 99.5 cm³/mol. The molecular formula is C21H12F2N4O. The summed E-state index contributed by atoms with van der Waals surface area (Å²) in [5, 5.41) is 13.1. The van der Waals surface area contributed by atoms with E-state index in [1.165, 1.54) is 12.1 Å². The maximum Gasteiger partial charge on any atom is 0.275 e. The maximum absolute atomic E-state index is 14.2. The molecule has 136 valence electrons. The fraction of sp³-hybridized carbons (Fsp3) is 0.0476. The molecule has 0 spiro atoms. The monoisotopic (exact) mass is 374 g/mol. The van der Waals surface area contributed by atoms with E-state index in [4.69, 9.17) is 5.26 Å². The van der Waals surface area contributed by atoms with E-state index in [1.807, 2.05) is 6.07 Å². The number of nitriles is 1.